The first-order chi connectivity index (χ1) is 10.6. The number of carbonyl (C=O) groups excluding carboxylic acids is 1. The topological polar surface area (TPSA) is 99.5 Å². The van der Waals surface area contributed by atoms with Gasteiger partial charge >= 0.3 is 6.09 Å². The zero-order chi connectivity index (χ0) is 16.1. The van der Waals surface area contributed by atoms with E-state index in [1.54, 1.807) is 0 Å². The van der Waals surface area contributed by atoms with Crippen molar-refractivity contribution in [2.24, 2.45) is 0 Å². The van der Waals surface area contributed by atoms with Crippen LogP contribution in [-0.4, -0.2) is 70.1 Å². The molecule has 0 unspecified atom stereocenters. The number of hydrogen-bond acceptors (Lipinski definition) is 6. The van der Waals surface area contributed by atoms with Gasteiger partial charge in [-0.05, 0) is 6.42 Å². The quantitative estimate of drug-likeness (QED) is 0.567. The molecule has 0 spiro atoms. The molecule has 0 radical (unpaired) electrons. The zero-order valence-corrected chi connectivity index (χ0v) is 13.1. The third kappa shape index (κ3) is 3.71. The predicted molar refractivity (Wildman–Crippen MR) is 78.1 cm³/mol. The first-order valence-corrected chi connectivity index (χ1v) is 8.18. The Labute approximate surface area is 130 Å². The van der Waals surface area contributed by atoms with Crippen LogP contribution in [0.2, 0.25) is 0 Å². The van der Waals surface area contributed by atoms with E-state index in [9.17, 15) is 20.1 Å². The molecule has 2 aliphatic heterocycles. The summed E-state index contributed by atoms with van der Waals surface area (Å²) in [6, 6.07) is -0.666. The molecule has 0 aliphatic carbocycles. The molecule has 2 heterocycles. The van der Waals surface area contributed by atoms with Crippen molar-refractivity contribution in [1.82, 2.24) is 4.90 Å². The largest absolute Gasteiger partial charge is 0.447 e. The highest BCUT2D eigenvalue weighted by Gasteiger charge is 2.54. The Balaban J connectivity index is 1.81. The lowest BCUT2D eigenvalue weighted by atomic mass is 9.94. The maximum absolute atomic E-state index is 11.7. The maximum Gasteiger partial charge on any atom is 0.412 e. The van der Waals surface area contributed by atoms with Crippen LogP contribution < -0.4 is 0 Å². The molecule has 0 aromatic carbocycles. The third-order valence-corrected chi connectivity index (χ3v) is 4.39. The standard InChI is InChI=1S/C15H27NO6/c1-2-3-4-5-6-7-8-21-14-13(19)12(18)11(17)10-9-22-15(20)16(10)14/h10-14,17-19H,2-9H2,1H3/t10-,11+,12+,13-,14-/m1/s1. The number of fused-ring (bicyclic) bond motifs is 1. The van der Waals surface area contributed by atoms with Crippen molar-refractivity contribution in [1.29, 1.82) is 0 Å². The summed E-state index contributed by atoms with van der Waals surface area (Å²) in [5, 5.41) is 29.8. The van der Waals surface area contributed by atoms with Crippen molar-refractivity contribution in [3.8, 4) is 0 Å². The van der Waals surface area contributed by atoms with E-state index < -0.39 is 36.7 Å². The number of aliphatic hydroxyl groups excluding tert-OH is 3. The molecule has 7 heteroatoms. The van der Waals surface area contributed by atoms with Crippen LogP contribution in [0.5, 0.6) is 0 Å². The molecular weight excluding hydrogens is 290 g/mol. The third-order valence-electron chi connectivity index (χ3n) is 4.39. The Hall–Kier alpha value is -0.890. The van der Waals surface area contributed by atoms with Gasteiger partial charge in [0, 0.05) is 6.61 Å². The summed E-state index contributed by atoms with van der Waals surface area (Å²) in [6.45, 7) is 2.56. The van der Waals surface area contributed by atoms with Gasteiger partial charge in [-0.2, -0.15) is 0 Å². The van der Waals surface area contributed by atoms with E-state index in [4.69, 9.17) is 9.47 Å². The second-order valence-electron chi connectivity index (χ2n) is 6.05. The molecule has 0 aromatic heterocycles. The van der Waals surface area contributed by atoms with Crippen molar-refractivity contribution < 1.29 is 29.6 Å². The van der Waals surface area contributed by atoms with Crippen LogP contribution in [0.3, 0.4) is 0 Å². The minimum Gasteiger partial charge on any atom is -0.447 e. The van der Waals surface area contributed by atoms with E-state index in [2.05, 4.69) is 6.92 Å². The van der Waals surface area contributed by atoms with Gasteiger partial charge in [-0.3, -0.25) is 4.90 Å². The lowest BCUT2D eigenvalue weighted by Gasteiger charge is -2.43. The maximum atomic E-state index is 11.7. The van der Waals surface area contributed by atoms with E-state index in [0.717, 1.165) is 19.3 Å². The highest BCUT2D eigenvalue weighted by Crippen LogP contribution is 2.30. The monoisotopic (exact) mass is 317 g/mol. The SMILES string of the molecule is CCCCCCCCO[C@@H]1[C@H](O)[C@@H](O)[C@@H](O)[C@H]2COC(=O)N21. The Kier molecular flexibility index (Phi) is 6.43. The van der Waals surface area contributed by atoms with Crippen LogP contribution in [0.25, 0.3) is 0 Å². The van der Waals surface area contributed by atoms with Gasteiger partial charge in [0.05, 0.1) is 0 Å². The fraction of sp³-hybridized carbons (Fsp3) is 0.933. The first kappa shape index (κ1) is 17.5. The molecule has 3 N–H and O–H groups in total. The van der Waals surface area contributed by atoms with Gasteiger partial charge in [0.25, 0.3) is 0 Å². The summed E-state index contributed by atoms with van der Waals surface area (Å²) < 4.78 is 10.5. The highest BCUT2D eigenvalue weighted by atomic mass is 16.6. The number of rotatable bonds is 8. The van der Waals surface area contributed by atoms with Crippen molar-refractivity contribution in [2.75, 3.05) is 13.2 Å². The molecule has 2 fully saturated rings. The lowest BCUT2D eigenvalue weighted by molar-refractivity contribution is -0.211. The van der Waals surface area contributed by atoms with Crippen LogP contribution >= 0.6 is 0 Å². The summed E-state index contributed by atoms with van der Waals surface area (Å²) >= 11 is 0. The van der Waals surface area contributed by atoms with Crippen LogP contribution in [0.15, 0.2) is 0 Å². The number of unbranched alkanes of at least 4 members (excludes halogenated alkanes) is 5. The Morgan fingerprint density at radius 1 is 1.09 bits per heavy atom. The van der Waals surface area contributed by atoms with Crippen molar-refractivity contribution in [2.45, 2.75) is 76.0 Å². The van der Waals surface area contributed by atoms with Crippen molar-refractivity contribution in [3.63, 3.8) is 0 Å². The summed E-state index contributed by atoms with van der Waals surface area (Å²) in [5.74, 6) is 0. The average Bonchev–Trinajstić information content (AvgIpc) is 2.89. The molecule has 0 aromatic rings. The minimum atomic E-state index is -1.34. The summed E-state index contributed by atoms with van der Waals surface area (Å²) in [4.78, 5) is 13.0. The highest BCUT2D eigenvalue weighted by molar-refractivity contribution is 5.71. The Bertz CT molecular complexity index is 366. The number of nitrogens with zero attached hydrogens (tertiary/aromatic N) is 1. The molecule has 2 aliphatic rings. The number of cyclic esters (lactones) is 1. The van der Waals surface area contributed by atoms with Crippen LogP contribution in [0, 0.1) is 0 Å². The van der Waals surface area contributed by atoms with Gasteiger partial charge in [-0.1, -0.05) is 39.0 Å². The number of piperidine rings is 1. The number of aliphatic hydroxyl groups is 3. The zero-order valence-electron chi connectivity index (χ0n) is 13.1. The molecule has 1 amide bonds. The molecular formula is C15H27NO6. The van der Waals surface area contributed by atoms with E-state index in [1.807, 2.05) is 0 Å². The van der Waals surface area contributed by atoms with Crippen LogP contribution in [0.1, 0.15) is 45.4 Å². The molecule has 7 nitrogen and oxygen atoms in total. The van der Waals surface area contributed by atoms with E-state index in [0.29, 0.717) is 6.61 Å². The number of hydrogen-bond donors (Lipinski definition) is 3. The van der Waals surface area contributed by atoms with Gasteiger partial charge < -0.3 is 24.8 Å². The van der Waals surface area contributed by atoms with E-state index >= 15 is 0 Å². The van der Waals surface area contributed by atoms with Gasteiger partial charge in [0.1, 0.15) is 31.0 Å². The van der Waals surface area contributed by atoms with Gasteiger partial charge in [-0.15, -0.1) is 0 Å². The van der Waals surface area contributed by atoms with Gasteiger partial charge in [0.15, 0.2) is 6.23 Å². The van der Waals surface area contributed by atoms with Gasteiger partial charge in [-0.25, -0.2) is 4.79 Å². The second-order valence-corrected chi connectivity index (χ2v) is 6.05. The Morgan fingerprint density at radius 3 is 2.50 bits per heavy atom. The van der Waals surface area contributed by atoms with Crippen molar-refractivity contribution in [3.05, 3.63) is 0 Å². The molecule has 0 saturated carbocycles. The molecule has 0 bridgehead atoms. The molecule has 128 valence electrons. The summed E-state index contributed by atoms with van der Waals surface area (Å²) in [7, 11) is 0. The van der Waals surface area contributed by atoms with Crippen molar-refractivity contribution >= 4 is 6.09 Å². The molecule has 22 heavy (non-hydrogen) atoms. The summed E-state index contributed by atoms with van der Waals surface area (Å²) in [5.41, 5.74) is 0. The normalized spacial score (nSPS) is 34.6. The second kappa shape index (κ2) is 8.10. The van der Waals surface area contributed by atoms with Crippen LogP contribution in [-0.2, 0) is 9.47 Å². The fourth-order valence-electron chi connectivity index (χ4n) is 3.03. The number of amides is 1. The molecule has 2 saturated heterocycles. The lowest BCUT2D eigenvalue weighted by Crippen LogP contribution is -2.66. The fourth-order valence-corrected chi connectivity index (χ4v) is 3.03. The molecule has 2 rings (SSSR count). The molecule has 5 atom stereocenters. The summed E-state index contributed by atoms with van der Waals surface area (Å²) in [6.07, 6.45) is 1.14. The van der Waals surface area contributed by atoms with E-state index in [1.165, 1.54) is 24.2 Å². The average molecular weight is 317 g/mol. The number of carbonyl (C=O) groups is 1. The van der Waals surface area contributed by atoms with Crippen LogP contribution in [0.4, 0.5) is 4.79 Å². The number of ether oxygens (including phenoxy) is 2. The van der Waals surface area contributed by atoms with E-state index in [-0.39, 0.29) is 6.61 Å². The minimum absolute atomic E-state index is 0.000653. The smallest absolute Gasteiger partial charge is 0.412 e. The predicted octanol–water partition coefficient (Wildman–Crippen LogP) is 0.607. The Morgan fingerprint density at radius 2 is 1.77 bits per heavy atom. The van der Waals surface area contributed by atoms with Gasteiger partial charge in [0.2, 0.25) is 0 Å². The first-order valence-electron chi connectivity index (χ1n) is 8.18.